The van der Waals surface area contributed by atoms with Crippen LogP contribution < -0.4 is 6.15 Å². The fourth-order valence-electron chi connectivity index (χ4n) is 1.14. The summed E-state index contributed by atoms with van der Waals surface area (Å²) in [7, 11) is -4.78. The second-order valence-electron chi connectivity index (χ2n) is 2.76. The maximum atomic E-state index is 10.8. The van der Waals surface area contributed by atoms with E-state index in [2.05, 4.69) is 0 Å². The molecule has 0 aromatic heterocycles. The van der Waals surface area contributed by atoms with Crippen molar-refractivity contribution < 1.29 is 32.8 Å². The van der Waals surface area contributed by atoms with Gasteiger partial charge in [-0.1, -0.05) is 6.07 Å². The SMILES string of the molecule is N.O=C(O)c1cccc(S(=O)(=O)O)c1C(=O)O. The molecule has 17 heavy (non-hydrogen) atoms. The molecule has 94 valence electrons. The van der Waals surface area contributed by atoms with Crippen LogP contribution in [0.3, 0.4) is 0 Å². The maximum Gasteiger partial charge on any atom is 0.338 e. The molecule has 0 aliphatic heterocycles. The standard InChI is InChI=1S/C8H6O7S.H3N/c9-7(10)4-2-1-3-5(16(13,14)15)6(4)8(11)12;/h1-3H,(H,9,10)(H,11,12)(H,13,14,15);1H3. The third-order valence-electron chi connectivity index (χ3n) is 1.75. The summed E-state index contributed by atoms with van der Waals surface area (Å²) >= 11 is 0. The summed E-state index contributed by atoms with van der Waals surface area (Å²) < 4.78 is 30.4. The van der Waals surface area contributed by atoms with Gasteiger partial charge in [0.05, 0.1) is 11.1 Å². The molecule has 1 aromatic rings. The maximum absolute atomic E-state index is 10.8. The van der Waals surface area contributed by atoms with Gasteiger partial charge in [-0.25, -0.2) is 9.59 Å². The van der Waals surface area contributed by atoms with Crippen LogP contribution in [0.4, 0.5) is 0 Å². The van der Waals surface area contributed by atoms with Gasteiger partial charge in [0.2, 0.25) is 0 Å². The van der Waals surface area contributed by atoms with Crippen LogP contribution in [0.15, 0.2) is 23.1 Å². The molecule has 0 bridgehead atoms. The molecule has 9 heteroatoms. The van der Waals surface area contributed by atoms with Crippen molar-refractivity contribution in [3.63, 3.8) is 0 Å². The number of carboxylic acids is 2. The van der Waals surface area contributed by atoms with E-state index in [0.717, 1.165) is 18.2 Å². The van der Waals surface area contributed by atoms with E-state index in [0.29, 0.717) is 0 Å². The molecule has 0 saturated carbocycles. The Morgan fingerprint density at radius 1 is 1.06 bits per heavy atom. The predicted molar refractivity (Wildman–Crippen MR) is 55.2 cm³/mol. The fraction of sp³-hybridized carbons (Fsp3) is 0. The minimum absolute atomic E-state index is 0. The highest BCUT2D eigenvalue weighted by Gasteiger charge is 2.25. The molecular formula is C8H9NO7S. The quantitative estimate of drug-likeness (QED) is 0.572. The van der Waals surface area contributed by atoms with Crippen molar-refractivity contribution in [2.24, 2.45) is 0 Å². The lowest BCUT2D eigenvalue weighted by molar-refractivity contribution is 0.0648. The zero-order valence-electron chi connectivity index (χ0n) is 8.32. The molecule has 0 amide bonds. The number of hydrogen-bond donors (Lipinski definition) is 4. The van der Waals surface area contributed by atoms with Crippen LogP contribution in [-0.4, -0.2) is 35.1 Å². The van der Waals surface area contributed by atoms with Crippen LogP contribution in [0.25, 0.3) is 0 Å². The van der Waals surface area contributed by atoms with Gasteiger partial charge in [0.25, 0.3) is 10.1 Å². The number of carbonyl (C=O) groups is 2. The zero-order chi connectivity index (χ0) is 12.5. The van der Waals surface area contributed by atoms with Gasteiger partial charge in [0, 0.05) is 0 Å². The predicted octanol–water partition coefficient (Wildman–Crippen LogP) is 0.492. The van der Waals surface area contributed by atoms with Crippen molar-refractivity contribution in [3.8, 4) is 0 Å². The third kappa shape index (κ3) is 3.00. The number of hydrogen-bond acceptors (Lipinski definition) is 5. The lowest BCUT2D eigenvalue weighted by Crippen LogP contribution is -2.14. The van der Waals surface area contributed by atoms with Gasteiger partial charge in [0.1, 0.15) is 4.90 Å². The number of aromatic carboxylic acids is 2. The molecule has 0 heterocycles. The minimum Gasteiger partial charge on any atom is -0.478 e. The van der Waals surface area contributed by atoms with Crippen LogP contribution in [0, 0.1) is 0 Å². The monoisotopic (exact) mass is 263 g/mol. The van der Waals surface area contributed by atoms with Crippen LogP contribution in [0.1, 0.15) is 20.7 Å². The zero-order valence-corrected chi connectivity index (χ0v) is 9.14. The van der Waals surface area contributed by atoms with E-state index in [4.69, 9.17) is 14.8 Å². The molecule has 0 atom stereocenters. The van der Waals surface area contributed by atoms with Crippen molar-refractivity contribution in [2.45, 2.75) is 4.90 Å². The first-order valence-electron chi connectivity index (χ1n) is 3.82. The highest BCUT2D eigenvalue weighted by Crippen LogP contribution is 2.19. The average molecular weight is 263 g/mol. The van der Waals surface area contributed by atoms with Gasteiger partial charge in [0.15, 0.2) is 0 Å². The summed E-state index contributed by atoms with van der Waals surface area (Å²) in [5.41, 5.74) is -1.67. The van der Waals surface area contributed by atoms with Crippen LogP contribution in [0.2, 0.25) is 0 Å². The molecule has 0 saturated heterocycles. The Morgan fingerprint density at radius 2 is 1.59 bits per heavy atom. The first-order valence-corrected chi connectivity index (χ1v) is 5.26. The van der Waals surface area contributed by atoms with Gasteiger partial charge in [-0.05, 0) is 12.1 Å². The Balaban J connectivity index is 0.00000256. The molecule has 0 aliphatic rings. The Bertz CT molecular complexity index is 563. The Hall–Kier alpha value is -1.97. The summed E-state index contributed by atoms with van der Waals surface area (Å²) in [6, 6.07) is 2.77. The van der Waals surface area contributed by atoms with E-state index in [-0.39, 0.29) is 6.15 Å². The molecule has 1 rings (SSSR count). The smallest absolute Gasteiger partial charge is 0.338 e. The largest absolute Gasteiger partial charge is 0.478 e. The van der Waals surface area contributed by atoms with Crippen molar-refractivity contribution in [2.75, 3.05) is 0 Å². The van der Waals surface area contributed by atoms with Crippen LogP contribution in [0.5, 0.6) is 0 Å². The Labute approximate surface area is 95.8 Å². The van der Waals surface area contributed by atoms with Crippen molar-refractivity contribution in [1.29, 1.82) is 0 Å². The highest BCUT2D eigenvalue weighted by molar-refractivity contribution is 7.86. The Kier molecular flexibility index (Phi) is 4.34. The van der Waals surface area contributed by atoms with E-state index in [1.165, 1.54) is 0 Å². The molecule has 0 spiro atoms. The summed E-state index contributed by atoms with van der Waals surface area (Å²) in [6.07, 6.45) is 0. The van der Waals surface area contributed by atoms with Gasteiger partial charge in [-0.15, -0.1) is 0 Å². The normalized spacial score (nSPS) is 10.4. The molecule has 0 unspecified atom stereocenters. The van der Waals surface area contributed by atoms with E-state index >= 15 is 0 Å². The van der Waals surface area contributed by atoms with Crippen LogP contribution >= 0.6 is 0 Å². The molecule has 8 nitrogen and oxygen atoms in total. The number of benzene rings is 1. The van der Waals surface area contributed by atoms with Crippen molar-refractivity contribution >= 4 is 22.1 Å². The molecular weight excluding hydrogens is 254 g/mol. The molecule has 0 radical (unpaired) electrons. The Morgan fingerprint density at radius 3 is 1.94 bits per heavy atom. The van der Waals surface area contributed by atoms with E-state index in [9.17, 15) is 18.0 Å². The van der Waals surface area contributed by atoms with Crippen LogP contribution in [-0.2, 0) is 10.1 Å². The minimum atomic E-state index is -4.78. The number of rotatable bonds is 3. The average Bonchev–Trinajstić information content (AvgIpc) is 2.14. The first kappa shape index (κ1) is 15.0. The highest BCUT2D eigenvalue weighted by atomic mass is 32.2. The summed E-state index contributed by atoms with van der Waals surface area (Å²) in [6.45, 7) is 0. The van der Waals surface area contributed by atoms with Gasteiger partial charge < -0.3 is 16.4 Å². The van der Waals surface area contributed by atoms with Crippen molar-refractivity contribution in [1.82, 2.24) is 6.15 Å². The van der Waals surface area contributed by atoms with Crippen molar-refractivity contribution in [3.05, 3.63) is 29.3 Å². The first-order chi connectivity index (χ1) is 7.25. The summed E-state index contributed by atoms with van der Waals surface area (Å²) in [5, 5.41) is 17.4. The van der Waals surface area contributed by atoms with Gasteiger partial charge >= 0.3 is 11.9 Å². The third-order valence-corrected chi connectivity index (χ3v) is 2.64. The lowest BCUT2D eigenvalue weighted by atomic mass is 10.1. The summed E-state index contributed by atoms with van der Waals surface area (Å²) in [4.78, 5) is 20.5. The second kappa shape index (κ2) is 4.91. The molecule has 6 N–H and O–H groups in total. The molecule has 1 aromatic carbocycles. The van der Waals surface area contributed by atoms with Gasteiger partial charge in [-0.2, -0.15) is 8.42 Å². The fourth-order valence-corrected chi connectivity index (χ4v) is 1.85. The molecule has 0 aliphatic carbocycles. The van der Waals surface area contributed by atoms with Gasteiger partial charge in [-0.3, -0.25) is 4.55 Å². The summed E-state index contributed by atoms with van der Waals surface area (Å²) in [5.74, 6) is -3.34. The van der Waals surface area contributed by atoms with E-state index < -0.39 is 38.1 Å². The molecule has 0 fully saturated rings. The number of carboxylic acid groups (broad SMARTS) is 2. The lowest BCUT2D eigenvalue weighted by Gasteiger charge is -2.05. The second-order valence-corrected chi connectivity index (χ2v) is 4.15. The van der Waals surface area contributed by atoms with E-state index in [1.54, 1.807) is 0 Å². The van der Waals surface area contributed by atoms with E-state index in [1.807, 2.05) is 0 Å². The topological polar surface area (TPSA) is 164 Å².